The Balaban J connectivity index is 1.25. The van der Waals surface area contributed by atoms with Gasteiger partial charge in [-0.05, 0) is 98.2 Å². The van der Waals surface area contributed by atoms with Crippen molar-refractivity contribution in [3.63, 3.8) is 0 Å². The maximum atomic E-state index is 12.8. The predicted molar refractivity (Wildman–Crippen MR) is 134 cm³/mol. The van der Waals surface area contributed by atoms with Crippen molar-refractivity contribution in [2.45, 2.75) is 91.1 Å². The summed E-state index contributed by atoms with van der Waals surface area (Å²) in [6, 6.07) is 0. The number of carbonyl (C=O) groups excluding carboxylic acids is 1. The first-order valence-corrected chi connectivity index (χ1v) is 14.7. The van der Waals surface area contributed by atoms with Crippen molar-refractivity contribution >= 4 is 17.7 Å². The number of carbonyl (C=O) groups is 1. The van der Waals surface area contributed by atoms with E-state index >= 15 is 0 Å². The van der Waals surface area contributed by atoms with Gasteiger partial charge in [0.25, 0.3) is 0 Å². The van der Waals surface area contributed by atoms with E-state index in [4.69, 9.17) is 0 Å². The van der Waals surface area contributed by atoms with Gasteiger partial charge in [-0.2, -0.15) is 11.8 Å². The first kappa shape index (κ1) is 23.3. The van der Waals surface area contributed by atoms with Gasteiger partial charge in [-0.3, -0.25) is 4.79 Å². The number of nitrogens with zero attached hydrogens (tertiary/aromatic N) is 1. The monoisotopic (exact) mass is 459 g/mol. The van der Waals surface area contributed by atoms with Crippen LogP contribution >= 0.6 is 11.8 Å². The molecule has 5 rings (SSSR count). The van der Waals surface area contributed by atoms with Crippen molar-refractivity contribution < 1.29 is 9.90 Å². The number of rotatable bonds is 4. The van der Waals surface area contributed by atoms with Crippen LogP contribution in [-0.4, -0.2) is 46.6 Å². The number of thioether (sulfide) groups is 1. The van der Waals surface area contributed by atoms with Gasteiger partial charge in [0.1, 0.15) is 0 Å². The van der Waals surface area contributed by atoms with Crippen molar-refractivity contribution in [1.29, 1.82) is 0 Å². The van der Waals surface area contributed by atoms with Gasteiger partial charge >= 0.3 is 0 Å². The van der Waals surface area contributed by atoms with Crippen LogP contribution < -0.4 is 0 Å². The SMILES string of the molecule is CC(CCC(=O)N1CCSCC1)C1CCC2C3CCC4=CC(O)CCC4(C)C3CCC12C. The van der Waals surface area contributed by atoms with E-state index < -0.39 is 0 Å². The Morgan fingerprint density at radius 2 is 1.91 bits per heavy atom. The van der Waals surface area contributed by atoms with Gasteiger partial charge in [-0.1, -0.05) is 32.4 Å². The number of hydrogen-bond acceptors (Lipinski definition) is 3. The highest BCUT2D eigenvalue weighted by Crippen LogP contribution is 2.67. The molecule has 4 aliphatic carbocycles. The van der Waals surface area contributed by atoms with Gasteiger partial charge in [-0.15, -0.1) is 0 Å². The van der Waals surface area contributed by atoms with Gasteiger partial charge in [0.15, 0.2) is 0 Å². The first-order chi connectivity index (χ1) is 15.3. The molecule has 3 saturated carbocycles. The van der Waals surface area contributed by atoms with Crippen LogP contribution in [0, 0.1) is 40.4 Å². The third kappa shape index (κ3) is 3.89. The normalized spacial score (nSPS) is 44.8. The zero-order valence-electron chi connectivity index (χ0n) is 20.7. The van der Waals surface area contributed by atoms with Crippen molar-refractivity contribution in [1.82, 2.24) is 4.90 Å². The molecule has 8 atom stereocenters. The molecule has 0 aromatic carbocycles. The lowest BCUT2D eigenvalue weighted by atomic mass is 9.46. The summed E-state index contributed by atoms with van der Waals surface area (Å²) in [6.07, 6.45) is 14.1. The summed E-state index contributed by atoms with van der Waals surface area (Å²) in [5.74, 6) is 6.63. The predicted octanol–water partition coefficient (Wildman–Crippen LogP) is 5.92. The van der Waals surface area contributed by atoms with E-state index in [0.717, 1.165) is 67.5 Å². The summed E-state index contributed by atoms with van der Waals surface area (Å²) in [7, 11) is 0. The van der Waals surface area contributed by atoms with Gasteiger partial charge in [0.05, 0.1) is 6.10 Å². The molecule has 0 aromatic rings. The highest BCUT2D eigenvalue weighted by atomic mass is 32.2. The van der Waals surface area contributed by atoms with Crippen LogP contribution in [0.1, 0.15) is 85.0 Å². The standard InChI is InChI=1S/C28H45NO2S/c1-19(4-9-26(31)29-14-16-32-17-15-29)23-7-8-24-22-6-5-20-18-21(30)10-12-27(20,2)25(22)11-13-28(23,24)3/h18-19,21-25,30H,4-17H2,1-3H3. The third-order valence-electron chi connectivity index (χ3n) is 11.0. The average molecular weight is 460 g/mol. The zero-order valence-corrected chi connectivity index (χ0v) is 21.5. The van der Waals surface area contributed by atoms with Crippen LogP contribution in [0.5, 0.6) is 0 Å². The third-order valence-corrected chi connectivity index (χ3v) is 12.0. The molecule has 1 heterocycles. The maximum absolute atomic E-state index is 12.8. The molecular formula is C28H45NO2S. The van der Waals surface area contributed by atoms with Gasteiger partial charge < -0.3 is 10.0 Å². The van der Waals surface area contributed by atoms with Crippen LogP contribution in [0.15, 0.2) is 11.6 Å². The van der Waals surface area contributed by atoms with E-state index in [-0.39, 0.29) is 6.10 Å². The molecule has 5 aliphatic rings. The van der Waals surface area contributed by atoms with E-state index in [1.54, 1.807) is 5.57 Å². The molecule has 180 valence electrons. The molecule has 1 N–H and O–H groups in total. The lowest BCUT2D eigenvalue weighted by molar-refractivity contribution is -0.131. The summed E-state index contributed by atoms with van der Waals surface area (Å²) in [4.78, 5) is 14.9. The van der Waals surface area contributed by atoms with Crippen LogP contribution in [0.25, 0.3) is 0 Å². The van der Waals surface area contributed by atoms with Gasteiger partial charge in [0.2, 0.25) is 5.91 Å². The Bertz CT molecular complexity index is 746. The van der Waals surface area contributed by atoms with Crippen LogP contribution in [0.2, 0.25) is 0 Å². The lowest BCUT2D eigenvalue weighted by Crippen LogP contribution is -2.51. The Labute approximate surface area is 200 Å². The summed E-state index contributed by atoms with van der Waals surface area (Å²) >= 11 is 1.98. The van der Waals surface area contributed by atoms with Crippen molar-refractivity contribution in [2.75, 3.05) is 24.6 Å². The Morgan fingerprint density at radius 3 is 2.69 bits per heavy atom. The number of hydrogen-bond donors (Lipinski definition) is 1. The zero-order chi connectivity index (χ0) is 22.5. The summed E-state index contributed by atoms with van der Waals surface area (Å²) in [6.45, 7) is 9.52. The molecule has 4 heteroatoms. The van der Waals surface area contributed by atoms with Crippen LogP contribution in [0.3, 0.4) is 0 Å². The smallest absolute Gasteiger partial charge is 0.222 e. The second kappa shape index (κ2) is 8.95. The largest absolute Gasteiger partial charge is 0.389 e. The summed E-state index contributed by atoms with van der Waals surface area (Å²) in [5, 5.41) is 10.2. The van der Waals surface area contributed by atoms with Gasteiger partial charge in [-0.25, -0.2) is 0 Å². The topological polar surface area (TPSA) is 40.5 Å². The fraction of sp³-hybridized carbons (Fsp3) is 0.893. The molecule has 3 nitrogen and oxygen atoms in total. The molecule has 1 amide bonds. The average Bonchev–Trinajstić information content (AvgIpc) is 3.15. The Hall–Kier alpha value is -0.480. The molecule has 0 radical (unpaired) electrons. The molecule has 8 unspecified atom stereocenters. The summed E-state index contributed by atoms with van der Waals surface area (Å²) in [5.41, 5.74) is 2.39. The molecule has 1 aliphatic heterocycles. The minimum Gasteiger partial charge on any atom is -0.389 e. The molecular weight excluding hydrogens is 414 g/mol. The maximum Gasteiger partial charge on any atom is 0.222 e. The number of allylic oxidation sites excluding steroid dienone is 1. The number of aliphatic hydroxyl groups excluding tert-OH is 1. The van der Waals surface area contributed by atoms with Gasteiger partial charge in [0, 0.05) is 31.0 Å². The Kier molecular flexibility index (Phi) is 6.51. The molecule has 32 heavy (non-hydrogen) atoms. The quantitative estimate of drug-likeness (QED) is 0.531. The first-order valence-electron chi connectivity index (χ1n) is 13.6. The molecule has 1 saturated heterocycles. The summed E-state index contributed by atoms with van der Waals surface area (Å²) < 4.78 is 0. The van der Waals surface area contributed by atoms with E-state index in [1.165, 1.54) is 44.9 Å². The molecule has 0 spiro atoms. The van der Waals surface area contributed by atoms with Crippen molar-refractivity contribution in [3.05, 3.63) is 11.6 Å². The Morgan fingerprint density at radius 1 is 1.12 bits per heavy atom. The van der Waals surface area contributed by atoms with Crippen LogP contribution in [-0.2, 0) is 4.79 Å². The second-order valence-electron chi connectivity index (χ2n) is 12.4. The molecule has 4 fully saturated rings. The minimum absolute atomic E-state index is 0.202. The number of aliphatic hydroxyl groups is 1. The lowest BCUT2D eigenvalue weighted by Gasteiger charge is -2.59. The highest BCUT2D eigenvalue weighted by molar-refractivity contribution is 7.99. The number of fused-ring (bicyclic) bond motifs is 5. The van der Waals surface area contributed by atoms with E-state index in [0.29, 0.717) is 22.7 Å². The second-order valence-corrected chi connectivity index (χ2v) is 13.6. The van der Waals surface area contributed by atoms with Crippen molar-refractivity contribution in [2.24, 2.45) is 40.4 Å². The van der Waals surface area contributed by atoms with E-state index in [1.807, 2.05) is 11.8 Å². The number of amides is 1. The fourth-order valence-corrected chi connectivity index (χ4v) is 10.1. The molecule has 0 aromatic heterocycles. The molecule has 0 bridgehead atoms. The minimum atomic E-state index is -0.202. The van der Waals surface area contributed by atoms with E-state index in [9.17, 15) is 9.90 Å². The highest BCUT2D eigenvalue weighted by Gasteiger charge is 2.59. The van der Waals surface area contributed by atoms with Crippen molar-refractivity contribution in [3.8, 4) is 0 Å². The fourth-order valence-electron chi connectivity index (χ4n) is 9.21. The van der Waals surface area contributed by atoms with Crippen LogP contribution in [0.4, 0.5) is 0 Å². The van der Waals surface area contributed by atoms with E-state index in [2.05, 4.69) is 31.7 Å².